The second kappa shape index (κ2) is 6.18. The fourth-order valence-corrected chi connectivity index (χ4v) is 4.94. The van der Waals surface area contributed by atoms with Crippen LogP contribution in [-0.2, 0) is 9.53 Å². The molecule has 0 saturated carbocycles. The zero-order valence-corrected chi connectivity index (χ0v) is 14.4. The molecule has 132 valence electrons. The number of hydrogen-bond donors (Lipinski definition) is 0. The monoisotopic (exact) mass is 340 g/mol. The van der Waals surface area contributed by atoms with Crippen molar-refractivity contribution < 1.29 is 9.53 Å². The first-order chi connectivity index (χ1) is 12.3. The van der Waals surface area contributed by atoms with Crippen molar-refractivity contribution in [2.45, 2.75) is 25.3 Å². The molecule has 5 aliphatic rings. The summed E-state index contributed by atoms with van der Waals surface area (Å²) in [7, 11) is 0. The molecular formula is C19H24N4O2. The van der Waals surface area contributed by atoms with E-state index >= 15 is 0 Å². The quantitative estimate of drug-likeness (QED) is 0.790. The maximum atomic E-state index is 12.5. The zero-order valence-electron chi connectivity index (χ0n) is 14.4. The first-order valence-corrected chi connectivity index (χ1v) is 9.46. The lowest BCUT2D eigenvalue weighted by molar-refractivity contribution is -0.121. The Morgan fingerprint density at radius 3 is 3.00 bits per heavy atom. The molecule has 0 spiro atoms. The van der Waals surface area contributed by atoms with E-state index in [-0.39, 0.29) is 23.8 Å². The standard InChI is InChI=1S/C19H24N4O2/c24-19-13-3-1-5-15-17(13)18-14(20-21-19)4-2-6-16(18)23(15)8-7-22-9-11-25-12-10-22/h1,3,5,13-14,17H,2,4,6-12H2. The molecule has 6 nitrogen and oxygen atoms in total. The highest BCUT2D eigenvalue weighted by molar-refractivity contribution is 5.83. The molecule has 0 N–H and O–H groups in total. The third-order valence-corrected chi connectivity index (χ3v) is 6.14. The number of hydrogen-bond acceptors (Lipinski definition) is 5. The predicted octanol–water partition coefficient (Wildman–Crippen LogP) is 2.12. The van der Waals surface area contributed by atoms with E-state index in [0.717, 1.165) is 58.7 Å². The normalized spacial score (nSPS) is 34.2. The topological polar surface area (TPSA) is 57.5 Å². The molecule has 1 amide bonds. The van der Waals surface area contributed by atoms with Crippen LogP contribution < -0.4 is 0 Å². The molecule has 0 aromatic carbocycles. The van der Waals surface area contributed by atoms with Gasteiger partial charge in [0.1, 0.15) is 0 Å². The number of azo groups is 1. The van der Waals surface area contributed by atoms with Crippen LogP contribution in [0.2, 0.25) is 0 Å². The molecule has 0 aromatic rings. The van der Waals surface area contributed by atoms with E-state index in [1.807, 2.05) is 12.2 Å². The summed E-state index contributed by atoms with van der Waals surface area (Å²) >= 11 is 0. The number of ether oxygens (including phenoxy) is 1. The summed E-state index contributed by atoms with van der Waals surface area (Å²) in [6, 6.07) is 0.103. The van der Waals surface area contributed by atoms with Gasteiger partial charge in [0.15, 0.2) is 0 Å². The molecule has 1 fully saturated rings. The van der Waals surface area contributed by atoms with Crippen LogP contribution in [0.1, 0.15) is 19.3 Å². The van der Waals surface area contributed by atoms with Crippen LogP contribution in [0.5, 0.6) is 0 Å². The second-order valence-corrected chi connectivity index (χ2v) is 7.45. The highest BCUT2D eigenvalue weighted by Crippen LogP contribution is 2.51. The van der Waals surface area contributed by atoms with Crippen LogP contribution in [0.4, 0.5) is 0 Å². The van der Waals surface area contributed by atoms with Gasteiger partial charge >= 0.3 is 0 Å². The Balaban J connectivity index is 1.46. The summed E-state index contributed by atoms with van der Waals surface area (Å²) in [5.74, 6) is -0.0779. The van der Waals surface area contributed by atoms with Crippen LogP contribution in [0, 0.1) is 11.8 Å². The summed E-state index contributed by atoms with van der Waals surface area (Å²) in [5.41, 5.74) is 4.09. The molecule has 3 atom stereocenters. The van der Waals surface area contributed by atoms with Crippen molar-refractivity contribution in [1.82, 2.24) is 9.80 Å². The summed E-state index contributed by atoms with van der Waals surface area (Å²) in [6.45, 7) is 5.72. The van der Waals surface area contributed by atoms with Crippen molar-refractivity contribution in [3.63, 3.8) is 0 Å². The summed E-state index contributed by atoms with van der Waals surface area (Å²) in [4.78, 5) is 17.4. The number of amides is 1. The molecule has 6 heteroatoms. The van der Waals surface area contributed by atoms with Gasteiger partial charge in [0.05, 0.1) is 25.2 Å². The molecule has 1 saturated heterocycles. The number of morpholine rings is 1. The zero-order chi connectivity index (χ0) is 16.8. The van der Waals surface area contributed by atoms with E-state index in [1.54, 1.807) is 0 Å². The van der Waals surface area contributed by atoms with Gasteiger partial charge in [-0.3, -0.25) is 9.69 Å². The van der Waals surface area contributed by atoms with E-state index in [4.69, 9.17) is 4.74 Å². The van der Waals surface area contributed by atoms with E-state index in [1.165, 1.54) is 17.0 Å². The first-order valence-electron chi connectivity index (χ1n) is 9.46. The van der Waals surface area contributed by atoms with Crippen molar-refractivity contribution in [2.75, 3.05) is 39.4 Å². The maximum Gasteiger partial charge on any atom is 0.272 e. The van der Waals surface area contributed by atoms with Crippen LogP contribution in [0.25, 0.3) is 0 Å². The van der Waals surface area contributed by atoms with Crippen LogP contribution in [-0.4, -0.2) is 61.1 Å². The van der Waals surface area contributed by atoms with Gasteiger partial charge in [0.2, 0.25) is 0 Å². The number of nitrogens with zero attached hydrogens (tertiary/aromatic N) is 4. The van der Waals surface area contributed by atoms with Crippen molar-refractivity contribution in [1.29, 1.82) is 0 Å². The highest BCUT2D eigenvalue weighted by Gasteiger charge is 2.48. The summed E-state index contributed by atoms with van der Waals surface area (Å²) in [5, 5.41) is 8.44. The van der Waals surface area contributed by atoms with Crippen LogP contribution in [0.15, 0.2) is 45.4 Å². The lowest BCUT2D eigenvalue weighted by Crippen LogP contribution is -2.41. The average molecular weight is 340 g/mol. The molecule has 0 aromatic heterocycles. The van der Waals surface area contributed by atoms with Gasteiger partial charge in [-0.25, -0.2) is 0 Å². The van der Waals surface area contributed by atoms with Crippen molar-refractivity contribution in [2.24, 2.45) is 22.1 Å². The molecule has 5 rings (SSSR count). The molecule has 3 aliphatic heterocycles. The molecule has 3 heterocycles. The molecule has 2 aliphatic carbocycles. The summed E-state index contributed by atoms with van der Waals surface area (Å²) < 4.78 is 5.46. The molecule has 25 heavy (non-hydrogen) atoms. The van der Waals surface area contributed by atoms with Gasteiger partial charge in [0, 0.05) is 43.5 Å². The van der Waals surface area contributed by atoms with Gasteiger partial charge in [-0.1, -0.05) is 12.2 Å². The Morgan fingerprint density at radius 2 is 2.12 bits per heavy atom. The average Bonchev–Trinajstić information content (AvgIpc) is 2.91. The Labute approximate surface area is 147 Å². The number of rotatable bonds is 3. The van der Waals surface area contributed by atoms with Crippen molar-refractivity contribution >= 4 is 5.91 Å². The smallest absolute Gasteiger partial charge is 0.272 e. The van der Waals surface area contributed by atoms with E-state index in [9.17, 15) is 4.79 Å². The predicted molar refractivity (Wildman–Crippen MR) is 92.7 cm³/mol. The third-order valence-electron chi connectivity index (χ3n) is 6.14. The first kappa shape index (κ1) is 15.5. The third kappa shape index (κ3) is 2.50. The molecular weight excluding hydrogens is 316 g/mol. The number of carbonyl (C=O) groups excluding carboxylic acids is 1. The maximum absolute atomic E-state index is 12.5. The van der Waals surface area contributed by atoms with E-state index < -0.39 is 0 Å². The minimum Gasteiger partial charge on any atom is -0.379 e. The lowest BCUT2D eigenvalue weighted by atomic mass is 9.77. The highest BCUT2D eigenvalue weighted by atomic mass is 16.5. The Bertz CT molecular complexity index is 702. The molecule has 0 bridgehead atoms. The van der Waals surface area contributed by atoms with Gasteiger partial charge in [-0.05, 0) is 30.9 Å². The molecule has 3 unspecified atom stereocenters. The lowest BCUT2D eigenvalue weighted by Gasteiger charge is -2.33. The number of carbonyl (C=O) groups is 1. The van der Waals surface area contributed by atoms with Gasteiger partial charge < -0.3 is 9.64 Å². The fourth-order valence-electron chi connectivity index (χ4n) is 4.94. The van der Waals surface area contributed by atoms with Gasteiger partial charge in [-0.2, -0.15) is 5.11 Å². The summed E-state index contributed by atoms with van der Waals surface area (Å²) in [6.07, 6.45) is 9.50. The molecule has 0 radical (unpaired) electrons. The Hall–Kier alpha value is -1.79. The SMILES string of the molecule is O=C1N=NC2CCCC3=C2C2C(=CC=CC12)N3CCN1CCOCC1. The van der Waals surface area contributed by atoms with Crippen molar-refractivity contribution in [3.8, 4) is 0 Å². The fraction of sp³-hybridized carbons (Fsp3) is 0.632. The van der Waals surface area contributed by atoms with Crippen LogP contribution in [0.3, 0.4) is 0 Å². The van der Waals surface area contributed by atoms with E-state index in [0.29, 0.717) is 0 Å². The van der Waals surface area contributed by atoms with E-state index in [2.05, 4.69) is 26.1 Å². The number of allylic oxidation sites excluding steroid dienone is 4. The van der Waals surface area contributed by atoms with Crippen molar-refractivity contribution in [3.05, 3.63) is 35.2 Å². The Kier molecular flexibility index (Phi) is 3.82. The van der Waals surface area contributed by atoms with Gasteiger partial charge in [0.25, 0.3) is 5.91 Å². The van der Waals surface area contributed by atoms with Gasteiger partial charge in [-0.15, -0.1) is 5.11 Å². The minimum absolute atomic E-state index is 0.0804. The Morgan fingerprint density at radius 1 is 1.24 bits per heavy atom. The second-order valence-electron chi connectivity index (χ2n) is 7.45. The minimum atomic E-state index is -0.162. The largest absolute Gasteiger partial charge is 0.379 e. The van der Waals surface area contributed by atoms with Crippen LogP contribution >= 0.6 is 0 Å².